The maximum atomic E-state index is 5.69. The van der Waals surface area contributed by atoms with Crippen molar-refractivity contribution in [2.24, 2.45) is 4.99 Å². The normalized spacial score (nSPS) is 11.8. The molecule has 5 nitrogen and oxygen atoms in total. The van der Waals surface area contributed by atoms with Gasteiger partial charge < -0.3 is 15.4 Å². The van der Waals surface area contributed by atoms with E-state index >= 15 is 0 Å². The lowest BCUT2D eigenvalue weighted by molar-refractivity contribution is 0.125. The van der Waals surface area contributed by atoms with Gasteiger partial charge in [0.25, 0.3) is 0 Å². The summed E-state index contributed by atoms with van der Waals surface area (Å²) in [4.78, 5) is 9.22. The van der Waals surface area contributed by atoms with Gasteiger partial charge in [-0.25, -0.2) is 9.98 Å². The molecule has 0 unspecified atom stereocenters. The van der Waals surface area contributed by atoms with E-state index in [1.54, 1.807) is 11.3 Å². The van der Waals surface area contributed by atoms with Gasteiger partial charge in [-0.15, -0.1) is 11.3 Å². The number of guanidine groups is 1. The van der Waals surface area contributed by atoms with Crippen LogP contribution < -0.4 is 10.6 Å². The quantitative estimate of drug-likeness (QED) is 0.408. The molecule has 1 heterocycles. The average molecular weight is 361 g/mol. The summed E-state index contributed by atoms with van der Waals surface area (Å²) < 4.78 is 5.69. The Kier molecular flexibility index (Phi) is 8.42. The summed E-state index contributed by atoms with van der Waals surface area (Å²) in [6.45, 7) is 9.77. The first-order valence-electron chi connectivity index (χ1n) is 8.77. The Balaban J connectivity index is 1.73. The van der Waals surface area contributed by atoms with Gasteiger partial charge >= 0.3 is 0 Å². The molecule has 2 rings (SSSR count). The third kappa shape index (κ3) is 7.23. The standard InChI is InChI=1S/C19H28N4OS/c1-4-20-19(22-12-18-23-17(14-25-18)15(2)3)21-10-11-24-13-16-8-6-5-7-9-16/h5-9,14-15H,4,10-13H2,1-3H3,(H2,20,21,22). The van der Waals surface area contributed by atoms with Gasteiger partial charge in [-0.3, -0.25) is 0 Å². The Bertz CT molecular complexity index is 640. The Hall–Kier alpha value is -1.92. The Morgan fingerprint density at radius 1 is 1.24 bits per heavy atom. The maximum absolute atomic E-state index is 5.69. The van der Waals surface area contributed by atoms with Crippen molar-refractivity contribution in [2.75, 3.05) is 19.7 Å². The number of aliphatic imine (C=N–C) groups is 1. The minimum Gasteiger partial charge on any atom is -0.375 e. The molecule has 0 spiro atoms. The lowest BCUT2D eigenvalue weighted by Gasteiger charge is -2.11. The highest BCUT2D eigenvalue weighted by atomic mass is 32.1. The van der Waals surface area contributed by atoms with Gasteiger partial charge in [0.05, 0.1) is 25.5 Å². The van der Waals surface area contributed by atoms with E-state index in [2.05, 4.69) is 58.9 Å². The van der Waals surface area contributed by atoms with Crippen LogP contribution in [0.2, 0.25) is 0 Å². The molecule has 2 N–H and O–H groups in total. The minimum atomic E-state index is 0.460. The van der Waals surface area contributed by atoms with Crippen LogP contribution in [-0.2, 0) is 17.9 Å². The van der Waals surface area contributed by atoms with E-state index in [9.17, 15) is 0 Å². The second-order valence-electron chi connectivity index (χ2n) is 5.98. The largest absolute Gasteiger partial charge is 0.375 e. The predicted molar refractivity (Wildman–Crippen MR) is 105 cm³/mol. The molecule has 0 aliphatic rings. The van der Waals surface area contributed by atoms with E-state index in [0.717, 1.165) is 23.2 Å². The van der Waals surface area contributed by atoms with E-state index < -0.39 is 0 Å². The maximum Gasteiger partial charge on any atom is 0.191 e. The predicted octanol–water partition coefficient (Wildman–Crippen LogP) is 3.54. The molecule has 6 heteroatoms. The van der Waals surface area contributed by atoms with Crippen molar-refractivity contribution in [3.63, 3.8) is 0 Å². The summed E-state index contributed by atoms with van der Waals surface area (Å²) in [5.74, 6) is 1.26. The topological polar surface area (TPSA) is 58.5 Å². The molecule has 0 aliphatic heterocycles. The molecule has 0 radical (unpaired) electrons. The number of aromatic nitrogens is 1. The molecule has 0 saturated heterocycles. The van der Waals surface area contributed by atoms with Gasteiger partial charge in [0.2, 0.25) is 0 Å². The summed E-state index contributed by atoms with van der Waals surface area (Å²) in [5.41, 5.74) is 2.33. The number of hydrogen-bond donors (Lipinski definition) is 2. The number of benzene rings is 1. The zero-order valence-electron chi connectivity index (χ0n) is 15.3. The van der Waals surface area contributed by atoms with Gasteiger partial charge in [0, 0.05) is 18.5 Å². The summed E-state index contributed by atoms with van der Waals surface area (Å²) in [6.07, 6.45) is 0. The van der Waals surface area contributed by atoms with Crippen molar-refractivity contribution in [3.8, 4) is 0 Å². The van der Waals surface area contributed by atoms with Crippen LogP contribution in [0.3, 0.4) is 0 Å². The molecule has 2 aromatic rings. The number of nitrogens with zero attached hydrogens (tertiary/aromatic N) is 2. The molecule has 0 atom stereocenters. The fraction of sp³-hybridized carbons (Fsp3) is 0.474. The van der Waals surface area contributed by atoms with E-state index in [0.29, 0.717) is 32.2 Å². The molecule has 1 aromatic carbocycles. The third-order valence-corrected chi connectivity index (χ3v) is 4.38. The molecular formula is C19H28N4OS. The summed E-state index contributed by atoms with van der Waals surface area (Å²) in [5, 5.41) is 9.71. The van der Waals surface area contributed by atoms with Gasteiger partial charge in [-0.1, -0.05) is 44.2 Å². The number of rotatable bonds is 9. The van der Waals surface area contributed by atoms with Crippen molar-refractivity contribution in [1.82, 2.24) is 15.6 Å². The molecule has 0 aliphatic carbocycles. The van der Waals surface area contributed by atoms with Crippen LogP contribution in [0.4, 0.5) is 0 Å². The number of thiazole rings is 1. The van der Waals surface area contributed by atoms with Crippen LogP contribution in [0.25, 0.3) is 0 Å². The number of nitrogens with one attached hydrogen (secondary N) is 2. The fourth-order valence-electron chi connectivity index (χ4n) is 2.16. The van der Waals surface area contributed by atoms with Gasteiger partial charge in [-0.05, 0) is 18.4 Å². The lowest BCUT2D eigenvalue weighted by atomic mass is 10.2. The van der Waals surface area contributed by atoms with Gasteiger partial charge in [0.1, 0.15) is 5.01 Å². The van der Waals surface area contributed by atoms with Crippen LogP contribution in [0, 0.1) is 0 Å². The number of ether oxygens (including phenoxy) is 1. The van der Waals surface area contributed by atoms with Crippen molar-refractivity contribution >= 4 is 17.3 Å². The van der Waals surface area contributed by atoms with E-state index in [4.69, 9.17) is 4.74 Å². The molecule has 1 aromatic heterocycles. The average Bonchev–Trinajstić information content (AvgIpc) is 3.09. The Morgan fingerprint density at radius 3 is 2.72 bits per heavy atom. The third-order valence-electron chi connectivity index (χ3n) is 3.53. The highest BCUT2D eigenvalue weighted by molar-refractivity contribution is 7.09. The highest BCUT2D eigenvalue weighted by Crippen LogP contribution is 2.18. The summed E-state index contributed by atoms with van der Waals surface area (Å²) >= 11 is 1.67. The van der Waals surface area contributed by atoms with Crippen LogP contribution in [-0.4, -0.2) is 30.6 Å². The van der Waals surface area contributed by atoms with Crippen LogP contribution in [0.15, 0.2) is 40.7 Å². The summed E-state index contributed by atoms with van der Waals surface area (Å²) in [6, 6.07) is 10.2. The zero-order valence-corrected chi connectivity index (χ0v) is 16.1. The minimum absolute atomic E-state index is 0.460. The number of hydrogen-bond acceptors (Lipinski definition) is 4. The first-order chi connectivity index (χ1) is 12.2. The first-order valence-corrected chi connectivity index (χ1v) is 9.65. The Labute approximate surface area is 154 Å². The van der Waals surface area contributed by atoms with Crippen molar-refractivity contribution in [1.29, 1.82) is 0 Å². The molecule has 0 amide bonds. The zero-order chi connectivity index (χ0) is 17.9. The van der Waals surface area contributed by atoms with Gasteiger partial charge in [-0.2, -0.15) is 0 Å². The second-order valence-corrected chi connectivity index (χ2v) is 6.92. The molecule has 0 bridgehead atoms. The van der Waals surface area contributed by atoms with Crippen LogP contribution >= 0.6 is 11.3 Å². The van der Waals surface area contributed by atoms with Crippen LogP contribution in [0.1, 0.15) is 43.0 Å². The molecular weight excluding hydrogens is 332 g/mol. The van der Waals surface area contributed by atoms with Crippen molar-refractivity contribution < 1.29 is 4.74 Å². The van der Waals surface area contributed by atoms with Crippen LogP contribution in [0.5, 0.6) is 0 Å². The fourth-order valence-corrected chi connectivity index (χ4v) is 3.04. The lowest BCUT2D eigenvalue weighted by Crippen LogP contribution is -2.38. The summed E-state index contributed by atoms with van der Waals surface area (Å²) in [7, 11) is 0. The monoisotopic (exact) mass is 360 g/mol. The van der Waals surface area contributed by atoms with Gasteiger partial charge in [0.15, 0.2) is 5.96 Å². The SMILES string of the molecule is CCNC(=NCc1nc(C(C)C)cs1)NCCOCc1ccccc1. The molecule has 0 saturated carbocycles. The molecule has 0 fully saturated rings. The molecule has 136 valence electrons. The highest BCUT2D eigenvalue weighted by Gasteiger charge is 2.05. The molecule has 25 heavy (non-hydrogen) atoms. The first kappa shape index (κ1) is 19.4. The van der Waals surface area contributed by atoms with E-state index in [-0.39, 0.29) is 0 Å². The Morgan fingerprint density at radius 2 is 2.04 bits per heavy atom. The second kappa shape index (κ2) is 10.8. The van der Waals surface area contributed by atoms with E-state index in [1.165, 1.54) is 5.56 Å². The van der Waals surface area contributed by atoms with Crippen molar-refractivity contribution in [2.45, 2.75) is 39.8 Å². The smallest absolute Gasteiger partial charge is 0.191 e. The van der Waals surface area contributed by atoms with E-state index in [1.807, 2.05) is 18.2 Å². The van der Waals surface area contributed by atoms with Crippen molar-refractivity contribution in [3.05, 3.63) is 52.0 Å².